The fourth-order valence-electron chi connectivity index (χ4n) is 1.99. The molecule has 2 aromatic carbocycles. The topological polar surface area (TPSA) is 87.9 Å². The van der Waals surface area contributed by atoms with Crippen molar-refractivity contribution in [1.82, 2.24) is 4.98 Å². The van der Waals surface area contributed by atoms with Crippen LogP contribution in [0.25, 0.3) is 10.8 Å². The maximum absolute atomic E-state index is 4.41. The van der Waals surface area contributed by atoms with Crippen molar-refractivity contribution < 1.29 is 11.0 Å². The summed E-state index contributed by atoms with van der Waals surface area (Å²) in [6.45, 7) is 2.08. The van der Waals surface area contributed by atoms with Gasteiger partial charge in [0, 0.05) is 17.3 Å². The van der Waals surface area contributed by atoms with Crippen molar-refractivity contribution in [3.63, 3.8) is 0 Å². The summed E-state index contributed by atoms with van der Waals surface area (Å²) < 4.78 is 0. The van der Waals surface area contributed by atoms with E-state index in [0.29, 0.717) is 0 Å². The van der Waals surface area contributed by atoms with Gasteiger partial charge in [0.15, 0.2) is 0 Å². The summed E-state index contributed by atoms with van der Waals surface area (Å²) in [6, 6.07) is 18.6. The number of anilines is 2. The molecule has 5 N–H and O–H groups in total. The zero-order chi connectivity index (χ0) is 12.4. The van der Waals surface area contributed by atoms with Crippen molar-refractivity contribution in [3.05, 3.63) is 66.4 Å². The lowest BCUT2D eigenvalue weighted by Gasteiger charge is -2.08. The van der Waals surface area contributed by atoms with Gasteiger partial charge in [0.1, 0.15) is 5.82 Å². The molecule has 4 heteroatoms. The summed E-state index contributed by atoms with van der Waals surface area (Å²) in [4.78, 5) is 4.41. The van der Waals surface area contributed by atoms with Gasteiger partial charge in [-0.1, -0.05) is 42.0 Å². The molecule has 20 heavy (non-hydrogen) atoms. The Morgan fingerprint density at radius 1 is 0.850 bits per heavy atom. The van der Waals surface area contributed by atoms with Crippen LogP contribution in [-0.4, -0.2) is 15.9 Å². The lowest BCUT2D eigenvalue weighted by Crippen LogP contribution is -1.94. The number of nitrogens with zero attached hydrogens (tertiary/aromatic N) is 1. The van der Waals surface area contributed by atoms with E-state index in [1.807, 2.05) is 24.4 Å². The molecular formula is C16H18N2O2. The van der Waals surface area contributed by atoms with Gasteiger partial charge in [-0.15, -0.1) is 0 Å². The SMILES string of the molecule is Cc1ccc(Nc2nccc3ccccc23)cc1.O.O. The molecule has 1 aromatic heterocycles. The molecule has 4 nitrogen and oxygen atoms in total. The van der Waals surface area contributed by atoms with Gasteiger partial charge in [-0.2, -0.15) is 0 Å². The Labute approximate surface area is 117 Å². The molecule has 104 valence electrons. The first-order chi connectivity index (χ1) is 8.83. The Balaban J connectivity index is 0.000001000. The molecule has 0 fully saturated rings. The molecule has 1 heterocycles. The number of rotatable bonds is 2. The minimum Gasteiger partial charge on any atom is -0.412 e. The summed E-state index contributed by atoms with van der Waals surface area (Å²) in [5.74, 6) is 0.900. The third kappa shape index (κ3) is 3.12. The summed E-state index contributed by atoms with van der Waals surface area (Å²) >= 11 is 0. The molecular weight excluding hydrogens is 252 g/mol. The van der Waals surface area contributed by atoms with Crippen LogP contribution >= 0.6 is 0 Å². The van der Waals surface area contributed by atoms with Crippen LogP contribution < -0.4 is 5.32 Å². The van der Waals surface area contributed by atoms with Gasteiger partial charge in [-0.05, 0) is 30.5 Å². The molecule has 0 unspecified atom stereocenters. The van der Waals surface area contributed by atoms with E-state index in [0.717, 1.165) is 16.9 Å². The predicted molar refractivity (Wildman–Crippen MR) is 83.4 cm³/mol. The average molecular weight is 270 g/mol. The Hall–Kier alpha value is -2.43. The second-order valence-corrected chi connectivity index (χ2v) is 4.37. The van der Waals surface area contributed by atoms with Crippen molar-refractivity contribution in [3.8, 4) is 0 Å². The molecule has 0 saturated heterocycles. The van der Waals surface area contributed by atoms with Gasteiger partial charge < -0.3 is 16.3 Å². The van der Waals surface area contributed by atoms with Crippen LogP contribution in [0, 0.1) is 6.92 Å². The standard InChI is InChI=1S/C16H14N2.2H2O/c1-12-6-8-14(9-7-12)18-16-15-5-3-2-4-13(15)10-11-17-16;;/h2-11H,1H3,(H,17,18);2*1H2. The van der Waals surface area contributed by atoms with Crippen LogP contribution in [0.4, 0.5) is 11.5 Å². The van der Waals surface area contributed by atoms with Crippen LogP contribution in [0.5, 0.6) is 0 Å². The number of fused-ring (bicyclic) bond motifs is 1. The van der Waals surface area contributed by atoms with Crippen molar-refractivity contribution in [2.24, 2.45) is 0 Å². The van der Waals surface area contributed by atoms with Gasteiger partial charge in [0.05, 0.1) is 0 Å². The van der Waals surface area contributed by atoms with Gasteiger partial charge >= 0.3 is 0 Å². The smallest absolute Gasteiger partial charge is 0.138 e. The first-order valence-electron chi connectivity index (χ1n) is 6.00. The van der Waals surface area contributed by atoms with E-state index in [1.165, 1.54) is 10.9 Å². The number of aromatic nitrogens is 1. The average Bonchev–Trinajstić information content (AvgIpc) is 2.42. The van der Waals surface area contributed by atoms with Gasteiger partial charge in [0.25, 0.3) is 0 Å². The van der Waals surface area contributed by atoms with Crippen molar-refractivity contribution >= 4 is 22.3 Å². The highest BCUT2D eigenvalue weighted by atomic mass is 16.0. The highest BCUT2D eigenvalue weighted by Crippen LogP contribution is 2.23. The van der Waals surface area contributed by atoms with Crippen molar-refractivity contribution in [2.75, 3.05) is 5.32 Å². The Morgan fingerprint density at radius 2 is 1.55 bits per heavy atom. The first kappa shape index (κ1) is 15.6. The molecule has 0 bridgehead atoms. The summed E-state index contributed by atoms with van der Waals surface area (Å²) in [6.07, 6.45) is 1.83. The van der Waals surface area contributed by atoms with Gasteiger partial charge in [-0.3, -0.25) is 0 Å². The van der Waals surface area contributed by atoms with Crippen LogP contribution in [0.1, 0.15) is 5.56 Å². The molecule has 0 spiro atoms. The Morgan fingerprint density at radius 3 is 2.30 bits per heavy atom. The second-order valence-electron chi connectivity index (χ2n) is 4.37. The van der Waals surface area contributed by atoms with Gasteiger partial charge in [0.2, 0.25) is 0 Å². The molecule has 0 aliphatic heterocycles. The summed E-state index contributed by atoms with van der Waals surface area (Å²) in [5.41, 5.74) is 2.32. The fraction of sp³-hybridized carbons (Fsp3) is 0.0625. The zero-order valence-electron chi connectivity index (χ0n) is 11.2. The monoisotopic (exact) mass is 270 g/mol. The minimum atomic E-state index is 0. The number of nitrogens with one attached hydrogen (secondary N) is 1. The summed E-state index contributed by atoms with van der Waals surface area (Å²) in [7, 11) is 0. The predicted octanol–water partition coefficient (Wildman–Crippen LogP) is 2.64. The fourth-order valence-corrected chi connectivity index (χ4v) is 1.99. The number of hydrogen-bond donors (Lipinski definition) is 1. The molecule has 0 radical (unpaired) electrons. The Kier molecular flexibility index (Phi) is 5.20. The summed E-state index contributed by atoms with van der Waals surface area (Å²) in [5, 5.41) is 5.70. The lowest BCUT2D eigenvalue weighted by atomic mass is 10.1. The quantitative estimate of drug-likeness (QED) is 0.775. The number of hydrogen-bond acceptors (Lipinski definition) is 2. The number of benzene rings is 2. The normalized spacial score (nSPS) is 9.45. The molecule has 0 aliphatic rings. The third-order valence-electron chi connectivity index (χ3n) is 2.99. The molecule has 3 aromatic rings. The van der Waals surface area contributed by atoms with Crippen LogP contribution in [0.2, 0.25) is 0 Å². The van der Waals surface area contributed by atoms with E-state index in [-0.39, 0.29) is 11.0 Å². The third-order valence-corrected chi connectivity index (χ3v) is 2.99. The molecule has 0 atom stereocenters. The highest BCUT2D eigenvalue weighted by Gasteiger charge is 2.01. The molecule has 0 amide bonds. The van der Waals surface area contributed by atoms with Crippen LogP contribution in [0.15, 0.2) is 60.8 Å². The Bertz CT molecular complexity index is 676. The first-order valence-corrected chi connectivity index (χ1v) is 6.00. The maximum Gasteiger partial charge on any atom is 0.138 e. The molecule has 0 aliphatic carbocycles. The van der Waals surface area contributed by atoms with Gasteiger partial charge in [-0.25, -0.2) is 4.98 Å². The minimum absolute atomic E-state index is 0. The zero-order valence-corrected chi connectivity index (χ0v) is 11.2. The van der Waals surface area contributed by atoms with Crippen LogP contribution in [0.3, 0.4) is 0 Å². The number of pyridine rings is 1. The van der Waals surface area contributed by atoms with E-state index in [9.17, 15) is 0 Å². The van der Waals surface area contributed by atoms with E-state index in [2.05, 4.69) is 53.6 Å². The van der Waals surface area contributed by atoms with E-state index in [1.54, 1.807) is 0 Å². The largest absolute Gasteiger partial charge is 0.412 e. The second kappa shape index (κ2) is 6.65. The van der Waals surface area contributed by atoms with Crippen molar-refractivity contribution in [2.45, 2.75) is 6.92 Å². The molecule has 0 saturated carbocycles. The highest BCUT2D eigenvalue weighted by molar-refractivity contribution is 5.93. The molecule has 3 rings (SSSR count). The van der Waals surface area contributed by atoms with E-state index >= 15 is 0 Å². The lowest BCUT2D eigenvalue weighted by molar-refractivity contribution is 0.823. The van der Waals surface area contributed by atoms with E-state index < -0.39 is 0 Å². The van der Waals surface area contributed by atoms with Crippen molar-refractivity contribution in [1.29, 1.82) is 0 Å². The number of aryl methyl sites for hydroxylation is 1. The van der Waals surface area contributed by atoms with E-state index in [4.69, 9.17) is 0 Å². The van der Waals surface area contributed by atoms with Crippen LogP contribution in [-0.2, 0) is 0 Å². The maximum atomic E-state index is 4.41.